The predicted molar refractivity (Wildman–Crippen MR) is 129 cm³/mol. The van der Waals surface area contributed by atoms with Gasteiger partial charge in [0.25, 0.3) is 0 Å². The van der Waals surface area contributed by atoms with E-state index in [0.717, 1.165) is 64.6 Å². The van der Waals surface area contributed by atoms with Crippen LogP contribution in [0.5, 0.6) is 5.75 Å². The fourth-order valence-corrected chi connectivity index (χ4v) is 5.51. The molecule has 0 atom stereocenters. The third kappa shape index (κ3) is 5.61. The highest BCUT2D eigenvalue weighted by molar-refractivity contribution is 7.99. The van der Waals surface area contributed by atoms with E-state index in [-0.39, 0.29) is 17.3 Å². The van der Waals surface area contributed by atoms with Crippen LogP contribution in [0.25, 0.3) is 0 Å². The molecule has 2 aromatic heterocycles. The Hall–Kier alpha value is -2.58. The molecule has 168 valence electrons. The van der Waals surface area contributed by atoms with E-state index in [1.807, 2.05) is 46.3 Å². The average Bonchev–Trinajstić information content (AvgIpc) is 3.33. The standard InChI is InChI=1S/C24H27N3O3S2/c1-30-18-10-8-17(9-11-18)12-13-25-22(28)16-32-23-20-6-2-3-7-21(20)27(24(29)26-23)15-19-5-4-14-31-19/h4-5,8-11,14H,2-3,6-7,12-13,15-16H2,1H3,(H,25,28). The van der Waals surface area contributed by atoms with E-state index in [4.69, 9.17) is 4.74 Å². The number of nitrogens with one attached hydrogen (secondary N) is 1. The topological polar surface area (TPSA) is 73.2 Å². The summed E-state index contributed by atoms with van der Waals surface area (Å²) in [6, 6.07) is 11.9. The second-order valence-corrected chi connectivity index (χ2v) is 9.73. The van der Waals surface area contributed by atoms with Crippen LogP contribution in [-0.2, 0) is 30.6 Å². The third-order valence-electron chi connectivity index (χ3n) is 5.58. The molecule has 1 N–H and O–H groups in total. The van der Waals surface area contributed by atoms with Gasteiger partial charge in [-0.25, -0.2) is 4.79 Å². The Balaban J connectivity index is 1.36. The summed E-state index contributed by atoms with van der Waals surface area (Å²) in [7, 11) is 1.64. The molecule has 0 saturated heterocycles. The molecule has 8 heteroatoms. The molecule has 0 spiro atoms. The van der Waals surface area contributed by atoms with Crippen molar-refractivity contribution < 1.29 is 9.53 Å². The van der Waals surface area contributed by atoms with Gasteiger partial charge in [-0.1, -0.05) is 30.0 Å². The number of thiophene rings is 1. The fraction of sp³-hybridized carbons (Fsp3) is 0.375. The lowest BCUT2D eigenvalue weighted by Crippen LogP contribution is -2.31. The molecule has 0 fully saturated rings. The maximum absolute atomic E-state index is 12.8. The second kappa shape index (κ2) is 10.8. The number of carbonyl (C=O) groups excluding carboxylic acids is 1. The average molecular weight is 470 g/mol. The molecule has 1 aliphatic rings. The van der Waals surface area contributed by atoms with Crippen molar-refractivity contribution in [3.05, 3.63) is 74.0 Å². The van der Waals surface area contributed by atoms with Gasteiger partial charge in [0.1, 0.15) is 10.8 Å². The zero-order valence-electron chi connectivity index (χ0n) is 18.1. The van der Waals surface area contributed by atoms with Crippen LogP contribution in [0, 0.1) is 0 Å². The summed E-state index contributed by atoms with van der Waals surface area (Å²) in [5.41, 5.74) is 3.15. The van der Waals surface area contributed by atoms with Crippen LogP contribution in [0.2, 0.25) is 0 Å². The smallest absolute Gasteiger partial charge is 0.349 e. The highest BCUT2D eigenvalue weighted by atomic mass is 32.2. The number of amides is 1. The first-order chi connectivity index (χ1) is 15.6. The van der Waals surface area contributed by atoms with Gasteiger partial charge in [-0.05, 0) is 61.2 Å². The number of hydrogen-bond donors (Lipinski definition) is 1. The van der Waals surface area contributed by atoms with E-state index in [0.29, 0.717) is 13.1 Å². The van der Waals surface area contributed by atoms with Gasteiger partial charge in [-0.2, -0.15) is 4.98 Å². The molecule has 1 amide bonds. The quantitative estimate of drug-likeness (QED) is 0.382. The number of hydrogen-bond acceptors (Lipinski definition) is 6. The van der Waals surface area contributed by atoms with Gasteiger partial charge < -0.3 is 10.1 Å². The van der Waals surface area contributed by atoms with Crippen LogP contribution < -0.4 is 15.7 Å². The maximum atomic E-state index is 12.8. The molecular formula is C24H27N3O3S2. The third-order valence-corrected chi connectivity index (χ3v) is 7.46. The predicted octanol–water partition coefficient (Wildman–Crippen LogP) is 3.69. The first kappa shape index (κ1) is 22.6. The number of carbonyl (C=O) groups is 1. The monoisotopic (exact) mass is 469 g/mol. The van der Waals surface area contributed by atoms with Gasteiger partial charge in [-0.3, -0.25) is 9.36 Å². The number of aromatic nitrogens is 2. The van der Waals surface area contributed by atoms with Crippen molar-refractivity contribution in [1.82, 2.24) is 14.9 Å². The molecule has 32 heavy (non-hydrogen) atoms. The summed E-state index contributed by atoms with van der Waals surface area (Å²) in [6.07, 6.45) is 4.73. The van der Waals surface area contributed by atoms with Crippen molar-refractivity contribution in [1.29, 1.82) is 0 Å². The lowest BCUT2D eigenvalue weighted by Gasteiger charge is -2.22. The normalized spacial score (nSPS) is 12.9. The Morgan fingerprint density at radius 3 is 2.78 bits per heavy atom. The number of rotatable bonds is 9. The molecule has 2 heterocycles. The highest BCUT2D eigenvalue weighted by Crippen LogP contribution is 2.29. The Kier molecular flexibility index (Phi) is 7.65. The van der Waals surface area contributed by atoms with E-state index in [1.165, 1.54) is 11.8 Å². The van der Waals surface area contributed by atoms with Gasteiger partial charge in [0.05, 0.1) is 19.4 Å². The minimum atomic E-state index is -0.221. The number of nitrogens with zero attached hydrogens (tertiary/aromatic N) is 2. The second-order valence-electron chi connectivity index (χ2n) is 7.73. The Morgan fingerprint density at radius 1 is 1.22 bits per heavy atom. The van der Waals surface area contributed by atoms with Gasteiger partial charge >= 0.3 is 5.69 Å². The zero-order chi connectivity index (χ0) is 22.3. The Bertz CT molecular complexity index is 1110. The van der Waals surface area contributed by atoms with Gasteiger partial charge in [0.15, 0.2) is 0 Å². The lowest BCUT2D eigenvalue weighted by atomic mass is 9.97. The number of ether oxygens (including phenoxy) is 1. The molecule has 0 bridgehead atoms. The van der Waals surface area contributed by atoms with Crippen molar-refractivity contribution in [3.63, 3.8) is 0 Å². The van der Waals surface area contributed by atoms with Gasteiger partial charge in [-0.15, -0.1) is 11.3 Å². The summed E-state index contributed by atoms with van der Waals surface area (Å²) in [5.74, 6) is 1.04. The van der Waals surface area contributed by atoms with Crippen LogP contribution in [0.1, 0.15) is 34.5 Å². The van der Waals surface area contributed by atoms with Crippen LogP contribution in [-0.4, -0.2) is 34.9 Å². The number of thioether (sulfide) groups is 1. The first-order valence-corrected chi connectivity index (χ1v) is 12.7. The highest BCUT2D eigenvalue weighted by Gasteiger charge is 2.21. The summed E-state index contributed by atoms with van der Waals surface area (Å²) in [5, 5.41) is 5.71. The zero-order valence-corrected chi connectivity index (χ0v) is 19.8. The van der Waals surface area contributed by atoms with E-state index in [2.05, 4.69) is 10.3 Å². The molecule has 0 saturated carbocycles. The Labute approximate surface area is 196 Å². The lowest BCUT2D eigenvalue weighted by molar-refractivity contribution is -0.118. The fourth-order valence-electron chi connectivity index (χ4n) is 3.91. The minimum absolute atomic E-state index is 0.0439. The van der Waals surface area contributed by atoms with E-state index in [9.17, 15) is 9.59 Å². The van der Waals surface area contributed by atoms with Crippen molar-refractivity contribution in [2.45, 2.75) is 43.7 Å². The van der Waals surface area contributed by atoms with E-state index in [1.54, 1.807) is 18.4 Å². The maximum Gasteiger partial charge on any atom is 0.349 e. The van der Waals surface area contributed by atoms with Crippen LogP contribution in [0.4, 0.5) is 0 Å². The molecular weight excluding hydrogens is 442 g/mol. The minimum Gasteiger partial charge on any atom is -0.497 e. The van der Waals surface area contributed by atoms with Crippen molar-refractivity contribution >= 4 is 29.0 Å². The largest absolute Gasteiger partial charge is 0.497 e. The van der Waals surface area contributed by atoms with E-state index >= 15 is 0 Å². The summed E-state index contributed by atoms with van der Waals surface area (Å²) >= 11 is 3.03. The van der Waals surface area contributed by atoms with Crippen LogP contribution in [0.3, 0.4) is 0 Å². The van der Waals surface area contributed by atoms with Gasteiger partial charge in [0.2, 0.25) is 5.91 Å². The van der Waals surface area contributed by atoms with Crippen molar-refractivity contribution in [3.8, 4) is 5.75 Å². The number of benzene rings is 1. The van der Waals surface area contributed by atoms with Crippen LogP contribution in [0.15, 0.2) is 51.6 Å². The van der Waals surface area contributed by atoms with Gasteiger partial charge in [0, 0.05) is 22.7 Å². The molecule has 4 rings (SSSR count). The SMILES string of the molecule is COc1ccc(CCNC(=O)CSc2nc(=O)n(Cc3cccs3)c3c2CCCC3)cc1. The summed E-state index contributed by atoms with van der Waals surface area (Å²) in [6.45, 7) is 1.14. The molecule has 1 aromatic carbocycles. The molecule has 0 unspecified atom stereocenters. The molecule has 3 aromatic rings. The van der Waals surface area contributed by atoms with Crippen molar-refractivity contribution in [2.24, 2.45) is 0 Å². The molecule has 0 aliphatic heterocycles. The van der Waals surface area contributed by atoms with Crippen molar-refractivity contribution in [2.75, 3.05) is 19.4 Å². The molecule has 0 radical (unpaired) electrons. The molecule has 6 nitrogen and oxygen atoms in total. The number of methoxy groups -OCH3 is 1. The Morgan fingerprint density at radius 2 is 2.03 bits per heavy atom. The summed E-state index contributed by atoms with van der Waals surface area (Å²) < 4.78 is 6.98. The molecule has 1 aliphatic carbocycles. The number of fused-ring (bicyclic) bond motifs is 1. The summed E-state index contributed by atoms with van der Waals surface area (Å²) in [4.78, 5) is 30.7. The van der Waals surface area contributed by atoms with E-state index < -0.39 is 0 Å². The van der Waals surface area contributed by atoms with Crippen LogP contribution >= 0.6 is 23.1 Å². The first-order valence-electron chi connectivity index (χ1n) is 10.8.